The minimum atomic E-state index is -3.44. The molecule has 0 aliphatic carbocycles. The molecule has 0 unspecified atom stereocenters. The van der Waals surface area contributed by atoms with Gasteiger partial charge < -0.3 is 9.84 Å². The molecule has 0 aliphatic rings. The summed E-state index contributed by atoms with van der Waals surface area (Å²) in [7, 11) is 0. The van der Waals surface area contributed by atoms with Crippen molar-refractivity contribution >= 4 is 0 Å². The highest BCUT2D eigenvalue weighted by molar-refractivity contribution is 5.70. The van der Waals surface area contributed by atoms with Crippen LogP contribution in [0.15, 0.2) is 72.8 Å². The summed E-state index contributed by atoms with van der Waals surface area (Å²) in [5, 5.41) is 9.04. The highest BCUT2D eigenvalue weighted by Crippen LogP contribution is 2.38. The fourth-order valence-electron chi connectivity index (χ4n) is 2.65. The van der Waals surface area contributed by atoms with Crippen LogP contribution in [0.4, 0.5) is 13.2 Å². The van der Waals surface area contributed by atoms with E-state index in [1.807, 2.05) is 30.3 Å². The molecule has 0 aliphatic heterocycles. The largest absolute Gasteiger partial charge is 0.489 e. The minimum absolute atomic E-state index is 0.120. The highest BCUT2D eigenvalue weighted by Gasteiger charge is 2.33. The third kappa shape index (κ3) is 4.06. The first-order chi connectivity index (χ1) is 12.5. The topological polar surface area (TPSA) is 29.5 Å². The van der Waals surface area contributed by atoms with Gasteiger partial charge in [0.05, 0.1) is 0 Å². The van der Waals surface area contributed by atoms with Gasteiger partial charge in [0.25, 0.3) is 5.92 Å². The molecule has 3 aromatic rings. The van der Waals surface area contributed by atoms with E-state index in [1.165, 1.54) is 42.5 Å². The van der Waals surface area contributed by atoms with Gasteiger partial charge in [-0.15, -0.1) is 0 Å². The Morgan fingerprint density at radius 1 is 0.885 bits per heavy atom. The monoisotopic (exact) mass is 358 g/mol. The van der Waals surface area contributed by atoms with Gasteiger partial charge in [0.1, 0.15) is 24.8 Å². The van der Waals surface area contributed by atoms with Gasteiger partial charge in [-0.1, -0.05) is 42.5 Å². The van der Waals surface area contributed by atoms with Crippen LogP contribution in [0, 0.1) is 5.82 Å². The molecule has 2 nitrogen and oxygen atoms in total. The predicted octanol–water partition coefficient (Wildman–Crippen LogP) is 5.16. The Morgan fingerprint density at radius 3 is 2.35 bits per heavy atom. The van der Waals surface area contributed by atoms with E-state index in [4.69, 9.17) is 9.84 Å². The number of benzene rings is 3. The van der Waals surface area contributed by atoms with Gasteiger partial charge in [-0.3, -0.25) is 0 Å². The van der Waals surface area contributed by atoms with Gasteiger partial charge in [-0.05, 0) is 47.0 Å². The summed E-state index contributed by atoms with van der Waals surface area (Å²) >= 11 is 0. The van der Waals surface area contributed by atoms with E-state index in [9.17, 15) is 13.2 Å². The molecule has 0 bridgehead atoms. The molecule has 0 atom stereocenters. The molecule has 1 N–H and O–H groups in total. The van der Waals surface area contributed by atoms with E-state index in [2.05, 4.69) is 0 Å². The van der Waals surface area contributed by atoms with Crippen molar-refractivity contribution in [2.24, 2.45) is 0 Å². The molecule has 26 heavy (non-hydrogen) atoms. The number of rotatable bonds is 6. The second kappa shape index (κ2) is 7.62. The van der Waals surface area contributed by atoms with Crippen molar-refractivity contribution in [1.82, 2.24) is 0 Å². The van der Waals surface area contributed by atoms with E-state index >= 15 is 0 Å². The highest BCUT2D eigenvalue weighted by atomic mass is 19.3. The lowest BCUT2D eigenvalue weighted by Crippen LogP contribution is -2.19. The number of alkyl halides is 2. The van der Waals surface area contributed by atoms with Crippen molar-refractivity contribution in [2.75, 3.05) is 6.61 Å². The van der Waals surface area contributed by atoms with Crippen LogP contribution in [0.5, 0.6) is 5.75 Å². The van der Waals surface area contributed by atoms with Crippen LogP contribution >= 0.6 is 0 Å². The maximum Gasteiger partial charge on any atom is 0.296 e. The van der Waals surface area contributed by atoms with Crippen molar-refractivity contribution in [2.45, 2.75) is 12.5 Å². The summed E-state index contributed by atoms with van der Waals surface area (Å²) in [6.07, 6.45) is 0. The second-order valence-electron chi connectivity index (χ2n) is 5.85. The summed E-state index contributed by atoms with van der Waals surface area (Å²) in [5.41, 5.74) is 0.967. The van der Waals surface area contributed by atoms with E-state index in [0.717, 1.165) is 5.56 Å². The minimum Gasteiger partial charge on any atom is -0.489 e. The van der Waals surface area contributed by atoms with Crippen LogP contribution in [-0.2, 0) is 12.5 Å². The van der Waals surface area contributed by atoms with Crippen LogP contribution in [0.25, 0.3) is 11.1 Å². The first-order valence-electron chi connectivity index (χ1n) is 8.05. The predicted molar refractivity (Wildman–Crippen MR) is 93.6 cm³/mol. The van der Waals surface area contributed by atoms with Crippen LogP contribution in [0.2, 0.25) is 0 Å². The number of aliphatic hydroxyl groups is 1. The Balaban J connectivity index is 1.97. The van der Waals surface area contributed by atoms with E-state index in [1.54, 1.807) is 0 Å². The lowest BCUT2D eigenvalue weighted by Gasteiger charge is -2.19. The first-order valence-corrected chi connectivity index (χ1v) is 8.05. The smallest absolute Gasteiger partial charge is 0.296 e. The third-order valence-electron chi connectivity index (χ3n) is 3.97. The first kappa shape index (κ1) is 18.0. The van der Waals surface area contributed by atoms with E-state index in [-0.39, 0.29) is 17.7 Å². The molecule has 3 aromatic carbocycles. The summed E-state index contributed by atoms with van der Waals surface area (Å²) in [6, 6.07) is 18.9. The molecule has 134 valence electrons. The van der Waals surface area contributed by atoms with Crippen molar-refractivity contribution in [3.63, 3.8) is 0 Å². The zero-order valence-electron chi connectivity index (χ0n) is 13.8. The average molecular weight is 358 g/mol. The molecule has 5 heteroatoms. The molecule has 0 fully saturated rings. The van der Waals surface area contributed by atoms with Crippen LogP contribution in [-0.4, -0.2) is 11.7 Å². The number of hydrogen-bond acceptors (Lipinski definition) is 2. The molecule has 0 radical (unpaired) electrons. The normalized spacial score (nSPS) is 11.4. The zero-order chi connectivity index (χ0) is 18.6. The fraction of sp³-hybridized carbons (Fsp3) is 0.143. The average Bonchev–Trinajstić information content (AvgIpc) is 2.67. The van der Waals surface area contributed by atoms with E-state index in [0.29, 0.717) is 11.3 Å². The Morgan fingerprint density at radius 2 is 1.65 bits per heavy atom. The molecule has 0 amide bonds. The van der Waals surface area contributed by atoms with Crippen molar-refractivity contribution in [1.29, 1.82) is 0 Å². The number of halogens is 3. The van der Waals surface area contributed by atoms with Crippen LogP contribution in [0.1, 0.15) is 11.1 Å². The summed E-state index contributed by atoms with van der Waals surface area (Å²) in [4.78, 5) is 0. The summed E-state index contributed by atoms with van der Waals surface area (Å²) in [6.45, 7) is -1.06. The van der Waals surface area contributed by atoms with Gasteiger partial charge in [0.15, 0.2) is 0 Å². The maximum absolute atomic E-state index is 14.1. The molecule has 0 spiro atoms. The van der Waals surface area contributed by atoms with Gasteiger partial charge in [-0.25, -0.2) is 4.39 Å². The molecule has 0 saturated carbocycles. The summed E-state index contributed by atoms with van der Waals surface area (Å²) < 4.78 is 47.5. The van der Waals surface area contributed by atoms with Gasteiger partial charge >= 0.3 is 0 Å². The maximum atomic E-state index is 14.1. The Labute approximate surface area is 149 Å². The second-order valence-corrected chi connectivity index (χ2v) is 5.85. The van der Waals surface area contributed by atoms with E-state index < -0.39 is 18.3 Å². The lowest BCUT2D eigenvalue weighted by molar-refractivity contribution is -0.0551. The SMILES string of the molecule is OCC(F)(F)c1ccc(OCc2ccccc2)cc1-c1cccc(F)c1. The van der Waals surface area contributed by atoms with Gasteiger partial charge in [0, 0.05) is 5.56 Å². The molecular formula is C21H17F3O2. The number of aliphatic hydroxyl groups excluding tert-OH is 1. The quantitative estimate of drug-likeness (QED) is 0.660. The Bertz CT molecular complexity index is 879. The number of hydrogen-bond donors (Lipinski definition) is 1. The van der Waals surface area contributed by atoms with Crippen molar-refractivity contribution in [3.8, 4) is 16.9 Å². The lowest BCUT2D eigenvalue weighted by atomic mass is 9.95. The summed E-state index contributed by atoms with van der Waals surface area (Å²) in [5.74, 6) is -3.60. The molecular weight excluding hydrogens is 341 g/mol. The standard InChI is InChI=1S/C21H17F3O2/c22-17-8-4-7-16(11-17)19-12-18(9-10-20(19)21(23,24)14-25)26-13-15-5-2-1-3-6-15/h1-12,25H,13-14H2. The molecule has 0 heterocycles. The molecule has 3 rings (SSSR count). The Kier molecular flexibility index (Phi) is 5.28. The van der Waals surface area contributed by atoms with Gasteiger partial charge in [-0.2, -0.15) is 8.78 Å². The third-order valence-corrected chi connectivity index (χ3v) is 3.97. The Hall–Kier alpha value is -2.79. The zero-order valence-corrected chi connectivity index (χ0v) is 13.8. The fourth-order valence-corrected chi connectivity index (χ4v) is 2.65. The van der Waals surface area contributed by atoms with Gasteiger partial charge in [0.2, 0.25) is 0 Å². The molecule has 0 aromatic heterocycles. The molecule has 0 saturated heterocycles. The van der Waals surface area contributed by atoms with Crippen molar-refractivity contribution < 1.29 is 23.0 Å². The van der Waals surface area contributed by atoms with Crippen molar-refractivity contribution in [3.05, 3.63) is 89.7 Å². The number of ether oxygens (including phenoxy) is 1. The van der Waals surface area contributed by atoms with Crippen LogP contribution in [0.3, 0.4) is 0 Å². The van der Waals surface area contributed by atoms with Crippen LogP contribution < -0.4 is 4.74 Å².